The van der Waals surface area contributed by atoms with Crippen LogP contribution in [0.4, 0.5) is 15.9 Å². The number of aromatic nitrogens is 3. The number of rotatable bonds is 13. The molecule has 250 valence electrons. The maximum Gasteiger partial charge on any atom is 0.220 e. The number of halogens is 2. The summed E-state index contributed by atoms with van der Waals surface area (Å²) in [5.41, 5.74) is 5.48. The zero-order valence-corrected chi connectivity index (χ0v) is 27.6. The van der Waals surface area contributed by atoms with Gasteiger partial charge in [0.05, 0.1) is 23.5 Å². The number of carbonyl (C=O) groups is 2. The van der Waals surface area contributed by atoms with Gasteiger partial charge in [-0.05, 0) is 49.6 Å². The molecule has 0 aliphatic carbocycles. The average Bonchev–Trinajstić information content (AvgIpc) is 3.70. The van der Waals surface area contributed by atoms with Crippen LogP contribution < -0.4 is 31.3 Å². The first-order valence-corrected chi connectivity index (χ1v) is 16.4. The highest BCUT2D eigenvalue weighted by Gasteiger charge is 2.22. The Labute approximate surface area is 283 Å². The van der Waals surface area contributed by atoms with E-state index in [-0.39, 0.29) is 29.7 Å². The molecule has 11 nitrogen and oxygen atoms in total. The molecule has 0 saturated carbocycles. The van der Waals surface area contributed by atoms with Crippen molar-refractivity contribution in [1.29, 1.82) is 0 Å². The highest BCUT2D eigenvalue weighted by Crippen LogP contribution is 2.38. The summed E-state index contributed by atoms with van der Waals surface area (Å²) < 4.78 is 21.1. The third-order valence-corrected chi connectivity index (χ3v) is 9.07. The Morgan fingerprint density at radius 3 is 2.25 bits per heavy atom. The van der Waals surface area contributed by atoms with Crippen molar-refractivity contribution in [1.82, 2.24) is 36.2 Å². The summed E-state index contributed by atoms with van der Waals surface area (Å²) in [6.07, 6.45) is 5.93. The fraction of sp³-hybridized carbons (Fsp3) is 0.343. The molecule has 5 N–H and O–H groups in total. The summed E-state index contributed by atoms with van der Waals surface area (Å²) in [6, 6.07) is 13.1. The van der Waals surface area contributed by atoms with Crippen molar-refractivity contribution in [3.63, 3.8) is 0 Å². The molecule has 0 radical (unpaired) electrons. The minimum absolute atomic E-state index is 0.0489. The molecule has 2 aliphatic heterocycles. The standard InChI is InChI=1S/C35H38ClFN8O3/c1-20-25(4-3-5-27(20)44-34-32(37)21(12-14-41-34)16-38-18-23-7-10-29(46)42-23)33-31(36)26(13-15-40-33)28-9-6-22(35(45-28)48-2)17-39-19-24-8-11-30(47)43-24/h3-6,9,12-15,23-24,38-39H,7-8,10-11,16-19H2,1-2H3,(H,41,44)(H,42,46)(H,43,47). The number of pyridine rings is 3. The van der Waals surface area contributed by atoms with Crippen LogP contribution in [0.3, 0.4) is 0 Å². The van der Waals surface area contributed by atoms with Crippen LogP contribution in [0.1, 0.15) is 42.4 Å². The number of amides is 2. The Morgan fingerprint density at radius 2 is 1.58 bits per heavy atom. The van der Waals surface area contributed by atoms with E-state index in [4.69, 9.17) is 21.3 Å². The number of hydrogen-bond acceptors (Lipinski definition) is 9. The smallest absolute Gasteiger partial charge is 0.220 e. The molecule has 6 rings (SSSR count). The van der Waals surface area contributed by atoms with Gasteiger partial charge in [-0.2, -0.15) is 0 Å². The Kier molecular flexibility index (Phi) is 10.4. The van der Waals surface area contributed by atoms with Gasteiger partial charge in [-0.3, -0.25) is 14.6 Å². The van der Waals surface area contributed by atoms with E-state index in [0.29, 0.717) is 78.1 Å². The van der Waals surface area contributed by atoms with Crippen LogP contribution in [0.15, 0.2) is 54.9 Å². The summed E-state index contributed by atoms with van der Waals surface area (Å²) in [6.45, 7) is 3.98. The lowest BCUT2D eigenvalue weighted by atomic mass is 10.0. The first-order chi connectivity index (χ1) is 23.3. The number of carbonyl (C=O) groups excluding carboxylic acids is 2. The second kappa shape index (κ2) is 15.1. The zero-order valence-electron chi connectivity index (χ0n) is 26.8. The number of nitrogens with one attached hydrogen (secondary N) is 5. The van der Waals surface area contributed by atoms with Crippen molar-refractivity contribution >= 4 is 34.9 Å². The quantitative estimate of drug-likeness (QED) is 0.135. The van der Waals surface area contributed by atoms with Gasteiger partial charge in [0.1, 0.15) is 0 Å². The van der Waals surface area contributed by atoms with Crippen LogP contribution in [-0.4, -0.2) is 59.0 Å². The van der Waals surface area contributed by atoms with E-state index in [1.165, 1.54) is 0 Å². The van der Waals surface area contributed by atoms with Gasteiger partial charge in [0.25, 0.3) is 0 Å². The average molecular weight is 673 g/mol. The number of hydrogen-bond donors (Lipinski definition) is 5. The molecule has 4 aromatic rings. The molecule has 2 amide bonds. The summed E-state index contributed by atoms with van der Waals surface area (Å²) in [7, 11) is 1.58. The Hall–Kier alpha value is -4.65. The van der Waals surface area contributed by atoms with Gasteiger partial charge in [0.15, 0.2) is 11.6 Å². The molecule has 5 heterocycles. The number of methoxy groups -OCH3 is 1. The fourth-order valence-corrected chi connectivity index (χ4v) is 6.36. The Morgan fingerprint density at radius 1 is 0.896 bits per heavy atom. The highest BCUT2D eigenvalue weighted by atomic mass is 35.5. The van der Waals surface area contributed by atoms with Crippen molar-refractivity contribution in [3.05, 3.63) is 82.4 Å². The van der Waals surface area contributed by atoms with Crippen molar-refractivity contribution < 1.29 is 18.7 Å². The minimum atomic E-state index is -0.451. The molecule has 2 aliphatic rings. The molecule has 48 heavy (non-hydrogen) atoms. The van der Waals surface area contributed by atoms with E-state index in [1.807, 2.05) is 43.3 Å². The van der Waals surface area contributed by atoms with Gasteiger partial charge in [0, 0.05) is 91.4 Å². The van der Waals surface area contributed by atoms with Crippen molar-refractivity contribution in [2.24, 2.45) is 0 Å². The maximum absolute atomic E-state index is 15.5. The van der Waals surface area contributed by atoms with Crippen LogP contribution in [-0.2, 0) is 22.7 Å². The summed E-state index contributed by atoms with van der Waals surface area (Å²) in [5, 5.41) is 16.1. The summed E-state index contributed by atoms with van der Waals surface area (Å²) in [5.74, 6) is 0.269. The number of ether oxygens (including phenoxy) is 1. The molecule has 0 spiro atoms. The SMILES string of the molecule is COc1nc(-c2ccnc(-c3cccc(Nc4nccc(CNCC5CCC(=O)N5)c4F)c3C)c2Cl)ccc1CNCC1CCC(=O)N1. The van der Waals surface area contributed by atoms with E-state index < -0.39 is 5.82 Å². The topological polar surface area (TPSA) is 142 Å². The van der Waals surface area contributed by atoms with Gasteiger partial charge >= 0.3 is 0 Å². The Balaban J connectivity index is 1.17. The maximum atomic E-state index is 15.5. The first-order valence-electron chi connectivity index (χ1n) is 16.0. The number of nitrogens with zero attached hydrogens (tertiary/aromatic N) is 3. The highest BCUT2D eigenvalue weighted by molar-refractivity contribution is 6.35. The summed E-state index contributed by atoms with van der Waals surface area (Å²) >= 11 is 7.00. The van der Waals surface area contributed by atoms with Crippen molar-refractivity contribution in [3.8, 4) is 28.4 Å². The van der Waals surface area contributed by atoms with Crippen LogP contribution >= 0.6 is 11.6 Å². The Bertz CT molecular complexity index is 1820. The molecule has 0 bridgehead atoms. The predicted octanol–water partition coefficient (Wildman–Crippen LogP) is 4.80. The predicted molar refractivity (Wildman–Crippen MR) is 182 cm³/mol. The van der Waals surface area contributed by atoms with E-state index in [0.717, 1.165) is 29.5 Å². The van der Waals surface area contributed by atoms with E-state index in [1.54, 1.807) is 25.6 Å². The molecule has 2 saturated heterocycles. The second-order valence-electron chi connectivity index (χ2n) is 12.0. The fourth-order valence-electron chi connectivity index (χ4n) is 6.05. The van der Waals surface area contributed by atoms with E-state index in [2.05, 4.69) is 36.6 Å². The normalized spacial score (nSPS) is 17.3. The van der Waals surface area contributed by atoms with Crippen LogP contribution in [0.25, 0.3) is 22.5 Å². The number of anilines is 2. The molecule has 2 fully saturated rings. The molecule has 1 aromatic carbocycles. The van der Waals surface area contributed by atoms with Crippen LogP contribution in [0.2, 0.25) is 5.02 Å². The van der Waals surface area contributed by atoms with Gasteiger partial charge in [-0.1, -0.05) is 29.8 Å². The molecular weight excluding hydrogens is 635 g/mol. The summed E-state index contributed by atoms with van der Waals surface area (Å²) in [4.78, 5) is 36.6. The molecule has 13 heteroatoms. The monoisotopic (exact) mass is 672 g/mol. The second-order valence-corrected chi connectivity index (χ2v) is 12.4. The lowest BCUT2D eigenvalue weighted by Crippen LogP contribution is -2.35. The van der Waals surface area contributed by atoms with E-state index in [9.17, 15) is 9.59 Å². The zero-order chi connectivity index (χ0) is 33.6. The largest absolute Gasteiger partial charge is 0.481 e. The van der Waals surface area contributed by atoms with Crippen LogP contribution in [0.5, 0.6) is 5.88 Å². The van der Waals surface area contributed by atoms with E-state index >= 15 is 4.39 Å². The lowest BCUT2D eigenvalue weighted by Gasteiger charge is -2.17. The van der Waals surface area contributed by atoms with Gasteiger partial charge in [-0.25, -0.2) is 14.4 Å². The van der Waals surface area contributed by atoms with Gasteiger partial charge in [-0.15, -0.1) is 0 Å². The minimum Gasteiger partial charge on any atom is -0.481 e. The number of benzene rings is 1. The third kappa shape index (κ3) is 7.56. The molecule has 2 unspecified atom stereocenters. The van der Waals surface area contributed by atoms with Gasteiger partial charge < -0.3 is 31.3 Å². The molecule has 3 aromatic heterocycles. The first kappa shape index (κ1) is 33.3. The third-order valence-electron chi connectivity index (χ3n) is 8.69. The van der Waals surface area contributed by atoms with Crippen molar-refractivity contribution in [2.45, 2.75) is 57.8 Å². The lowest BCUT2D eigenvalue weighted by molar-refractivity contribution is -0.120. The molecular formula is C35H38ClFN8O3. The van der Waals surface area contributed by atoms with Gasteiger partial charge in [0.2, 0.25) is 17.7 Å². The van der Waals surface area contributed by atoms with Crippen LogP contribution in [0, 0.1) is 12.7 Å². The molecule has 2 atom stereocenters. The van der Waals surface area contributed by atoms with Crippen molar-refractivity contribution in [2.75, 3.05) is 25.5 Å².